The molecule has 0 atom stereocenters. The summed E-state index contributed by atoms with van der Waals surface area (Å²) in [5.41, 5.74) is 1.68. The fourth-order valence-corrected chi connectivity index (χ4v) is 3.39. The number of pyridine rings is 1. The summed E-state index contributed by atoms with van der Waals surface area (Å²) in [7, 11) is 0. The maximum atomic E-state index is 11.4. The minimum Gasteiger partial charge on any atom is -0.373 e. The molecule has 138 valence electrons. The lowest BCUT2D eigenvalue weighted by atomic mass is 10.1. The van der Waals surface area contributed by atoms with Gasteiger partial charge in [0, 0.05) is 24.8 Å². The average molecular weight is 396 g/mol. The predicted molar refractivity (Wildman–Crippen MR) is 102 cm³/mol. The van der Waals surface area contributed by atoms with E-state index in [-0.39, 0.29) is 16.7 Å². The molecule has 1 aromatic heterocycles. The van der Waals surface area contributed by atoms with E-state index in [1.54, 1.807) is 31.3 Å². The van der Waals surface area contributed by atoms with Crippen molar-refractivity contribution in [1.82, 2.24) is 4.98 Å². The summed E-state index contributed by atoms with van der Waals surface area (Å²) in [6, 6.07) is 7.12. The van der Waals surface area contributed by atoms with Crippen molar-refractivity contribution in [3.63, 3.8) is 0 Å². The Hall–Kier alpha value is -1.89. The quantitative estimate of drug-likeness (QED) is 0.537. The zero-order chi connectivity index (χ0) is 18.7. The number of benzene rings is 1. The molecular formula is C18H19Cl2N3O3. The Balaban J connectivity index is 1.59. The summed E-state index contributed by atoms with van der Waals surface area (Å²) in [6.07, 6.45) is 3.29. The summed E-state index contributed by atoms with van der Waals surface area (Å²) < 4.78 is 5.97. The van der Waals surface area contributed by atoms with Gasteiger partial charge in [-0.2, -0.15) is 0 Å². The normalized spacial score (nSPS) is 15.3. The lowest BCUT2D eigenvalue weighted by Gasteiger charge is -2.32. The fourth-order valence-electron chi connectivity index (χ4n) is 3.07. The first-order valence-electron chi connectivity index (χ1n) is 8.36. The van der Waals surface area contributed by atoms with E-state index in [9.17, 15) is 10.1 Å². The van der Waals surface area contributed by atoms with E-state index in [1.165, 1.54) is 0 Å². The lowest BCUT2D eigenvalue weighted by molar-refractivity contribution is -0.384. The number of rotatable bonds is 5. The van der Waals surface area contributed by atoms with Crippen molar-refractivity contribution in [3.05, 3.63) is 61.7 Å². The first-order valence-corrected chi connectivity index (χ1v) is 9.11. The molecule has 0 aliphatic carbocycles. The highest BCUT2D eigenvalue weighted by Crippen LogP contribution is 2.31. The number of aromatic nitrogens is 1. The number of aryl methyl sites for hydroxylation is 1. The Kier molecular flexibility index (Phi) is 5.96. The molecule has 0 spiro atoms. The first kappa shape index (κ1) is 18.9. The minimum atomic E-state index is -0.357. The van der Waals surface area contributed by atoms with Gasteiger partial charge in [-0.15, -0.1) is 0 Å². The van der Waals surface area contributed by atoms with E-state index >= 15 is 0 Å². The zero-order valence-electron chi connectivity index (χ0n) is 14.3. The molecule has 6 nitrogen and oxygen atoms in total. The number of nitrogens with zero attached hydrogens (tertiary/aromatic N) is 3. The molecule has 8 heteroatoms. The largest absolute Gasteiger partial charge is 0.373 e. The number of halogens is 2. The van der Waals surface area contributed by atoms with Crippen molar-refractivity contribution in [2.24, 2.45) is 0 Å². The van der Waals surface area contributed by atoms with E-state index in [0.717, 1.165) is 18.4 Å². The second kappa shape index (κ2) is 8.20. The van der Waals surface area contributed by atoms with Gasteiger partial charge in [0.25, 0.3) is 0 Å². The van der Waals surface area contributed by atoms with Gasteiger partial charge in [-0.3, -0.25) is 10.1 Å². The summed E-state index contributed by atoms with van der Waals surface area (Å²) in [4.78, 5) is 17.2. The van der Waals surface area contributed by atoms with Gasteiger partial charge in [-0.25, -0.2) is 4.98 Å². The third-order valence-corrected chi connectivity index (χ3v) is 5.24. The molecule has 0 saturated carbocycles. The van der Waals surface area contributed by atoms with Crippen molar-refractivity contribution < 1.29 is 9.66 Å². The standard InChI is InChI=1S/C18H19Cl2N3O3/c1-12-4-7-21-18(17(12)23(24)25)22-8-5-14(6-9-22)26-11-13-2-3-15(19)16(20)10-13/h2-4,7,10,14H,5-6,8-9,11H2,1H3. The number of hydrogen-bond acceptors (Lipinski definition) is 5. The van der Waals surface area contributed by atoms with Crippen molar-refractivity contribution in [3.8, 4) is 0 Å². The van der Waals surface area contributed by atoms with Crippen LogP contribution >= 0.6 is 23.2 Å². The summed E-state index contributed by atoms with van der Waals surface area (Å²) in [5, 5.41) is 12.4. The van der Waals surface area contributed by atoms with Crippen LogP contribution in [-0.4, -0.2) is 29.1 Å². The van der Waals surface area contributed by atoms with Crippen LogP contribution in [0, 0.1) is 17.0 Å². The maximum Gasteiger partial charge on any atom is 0.314 e. The van der Waals surface area contributed by atoms with Crippen molar-refractivity contribution in [2.75, 3.05) is 18.0 Å². The third kappa shape index (κ3) is 4.26. The summed E-state index contributed by atoms with van der Waals surface area (Å²) in [6.45, 7) is 3.54. The molecule has 0 unspecified atom stereocenters. The molecule has 1 fully saturated rings. The van der Waals surface area contributed by atoms with Crippen LogP contribution in [0.5, 0.6) is 0 Å². The molecule has 1 saturated heterocycles. The Morgan fingerprint density at radius 2 is 2.00 bits per heavy atom. The Labute approximate surface area is 161 Å². The van der Waals surface area contributed by atoms with Crippen LogP contribution in [-0.2, 0) is 11.3 Å². The topological polar surface area (TPSA) is 68.5 Å². The van der Waals surface area contributed by atoms with Gasteiger partial charge >= 0.3 is 5.69 Å². The molecule has 0 bridgehead atoms. The highest BCUT2D eigenvalue weighted by atomic mass is 35.5. The number of ether oxygens (including phenoxy) is 1. The van der Waals surface area contributed by atoms with Gasteiger partial charge in [0.2, 0.25) is 5.82 Å². The second-order valence-corrected chi connectivity index (χ2v) is 7.12. The smallest absolute Gasteiger partial charge is 0.314 e. The van der Waals surface area contributed by atoms with Crippen LogP contribution in [0.2, 0.25) is 10.0 Å². The summed E-state index contributed by atoms with van der Waals surface area (Å²) >= 11 is 11.9. The monoisotopic (exact) mass is 395 g/mol. The minimum absolute atomic E-state index is 0.0858. The van der Waals surface area contributed by atoms with Crippen LogP contribution in [0.15, 0.2) is 30.5 Å². The predicted octanol–water partition coefficient (Wildman–Crippen LogP) is 4.79. The van der Waals surface area contributed by atoms with E-state index in [2.05, 4.69) is 4.98 Å². The summed E-state index contributed by atoms with van der Waals surface area (Å²) in [5.74, 6) is 0.443. The number of nitro groups is 1. The van der Waals surface area contributed by atoms with Gasteiger partial charge in [-0.1, -0.05) is 29.3 Å². The molecular weight excluding hydrogens is 377 g/mol. The van der Waals surface area contributed by atoms with Gasteiger partial charge in [0.15, 0.2) is 0 Å². The highest BCUT2D eigenvalue weighted by Gasteiger charge is 2.27. The first-order chi connectivity index (χ1) is 12.5. The van der Waals surface area contributed by atoms with Crippen LogP contribution < -0.4 is 4.90 Å². The highest BCUT2D eigenvalue weighted by molar-refractivity contribution is 6.42. The van der Waals surface area contributed by atoms with Gasteiger partial charge in [-0.05, 0) is 43.5 Å². The van der Waals surface area contributed by atoms with Crippen molar-refractivity contribution >= 4 is 34.7 Å². The molecule has 3 rings (SSSR count). The average Bonchev–Trinajstić information content (AvgIpc) is 2.62. The number of anilines is 1. The van der Waals surface area contributed by atoms with Crippen LogP contribution in [0.25, 0.3) is 0 Å². The molecule has 2 aromatic rings. The molecule has 0 radical (unpaired) electrons. The van der Waals surface area contributed by atoms with E-state index in [1.807, 2.05) is 11.0 Å². The Bertz CT molecular complexity index is 808. The zero-order valence-corrected chi connectivity index (χ0v) is 15.8. The van der Waals surface area contributed by atoms with Crippen molar-refractivity contribution in [1.29, 1.82) is 0 Å². The van der Waals surface area contributed by atoms with Gasteiger partial charge in [0.05, 0.1) is 27.7 Å². The van der Waals surface area contributed by atoms with Gasteiger partial charge in [0.1, 0.15) is 0 Å². The molecule has 26 heavy (non-hydrogen) atoms. The fraction of sp³-hybridized carbons (Fsp3) is 0.389. The molecule has 2 heterocycles. The maximum absolute atomic E-state index is 11.4. The van der Waals surface area contributed by atoms with Crippen LogP contribution in [0.3, 0.4) is 0 Å². The van der Waals surface area contributed by atoms with Crippen LogP contribution in [0.4, 0.5) is 11.5 Å². The third-order valence-electron chi connectivity index (χ3n) is 4.50. The number of piperidine rings is 1. The molecule has 1 aromatic carbocycles. The number of hydrogen-bond donors (Lipinski definition) is 0. The lowest BCUT2D eigenvalue weighted by Crippen LogP contribution is -2.37. The molecule has 1 aliphatic heterocycles. The van der Waals surface area contributed by atoms with Gasteiger partial charge < -0.3 is 9.64 Å². The molecule has 0 amide bonds. The molecule has 1 aliphatic rings. The Morgan fingerprint density at radius 3 is 2.65 bits per heavy atom. The SMILES string of the molecule is Cc1ccnc(N2CCC(OCc3ccc(Cl)c(Cl)c3)CC2)c1[N+](=O)[O-]. The Morgan fingerprint density at radius 1 is 1.27 bits per heavy atom. The van der Waals surface area contributed by atoms with E-state index in [0.29, 0.717) is 41.1 Å². The van der Waals surface area contributed by atoms with E-state index in [4.69, 9.17) is 27.9 Å². The van der Waals surface area contributed by atoms with Crippen molar-refractivity contribution in [2.45, 2.75) is 32.5 Å². The van der Waals surface area contributed by atoms with Crippen LogP contribution in [0.1, 0.15) is 24.0 Å². The molecule has 0 N–H and O–H groups in total. The second-order valence-electron chi connectivity index (χ2n) is 6.30. The van der Waals surface area contributed by atoms with E-state index < -0.39 is 0 Å².